The largest absolute Gasteiger partial charge is 0.493 e. The molecule has 2 bridgehead atoms. The topological polar surface area (TPSA) is 107 Å². The number of benzene rings is 2. The molecule has 0 aliphatic carbocycles. The van der Waals surface area contributed by atoms with Crippen LogP contribution in [-0.4, -0.2) is 52.6 Å². The molecule has 4 aliphatic heterocycles. The van der Waals surface area contributed by atoms with Crippen molar-refractivity contribution in [3.8, 4) is 17.2 Å². The average molecular weight is 495 g/mol. The third-order valence-electron chi connectivity index (χ3n) is 7.83. The molecule has 35 heavy (non-hydrogen) atoms. The number of rotatable bonds is 5. The van der Waals surface area contributed by atoms with E-state index >= 15 is 0 Å². The Labute approximate surface area is 204 Å². The maximum Gasteiger partial charge on any atom is 0.240 e. The molecule has 0 unspecified atom stereocenters. The Morgan fingerprint density at radius 3 is 2.86 bits per heavy atom. The summed E-state index contributed by atoms with van der Waals surface area (Å²) in [4.78, 5) is 32.9. The fraction of sp³-hybridized carbons (Fsp3) is 0.400. The van der Waals surface area contributed by atoms with Crippen molar-refractivity contribution in [2.45, 2.75) is 37.1 Å². The van der Waals surface area contributed by atoms with Crippen LogP contribution in [0.2, 0.25) is 0 Å². The van der Waals surface area contributed by atoms with E-state index in [2.05, 4.69) is 4.98 Å². The highest BCUT2D eigenvalue weighted by Gasteiger charge is 2.77. The number of aliphatic hydroxyl groups excluding tert-OH is 1. The van der Waals surface area contributed by atoms with Crippen molar-refractivity contribution in [1.82, 2.24) is 4.98 Å². The van der Waals surface area contributed by atoms with Gasteiger partial charge in [0.1, 0.15) is 11.4 Å². The van der Waals surface area contributed by atoms with Crippen molar-refractivity contribution in [3.63, 3.8) is 0 Å². The Morgan fingerprint density at radius 2 is 1.97 bits per heavy atom. The third kappa shape index (κ3) is 2.84. The van der Waals surface area contributed by atoms with Gasteiger partial charge in [-0.2, -0.15) is 0 Å². The molecule has 2 amide bonds. The van der Waals surface area contributed by atoms with Gasteiger partial charge in [-0.3, -0.25) is 9.59 Å². The van der Waals surface area contributed by atoms with Crippen molar-refractivity contribution in [2.75, 3.05) is 18.3 Å². The highest BCUT2D eigenvalue weighted by atomic mass is 32.1. The normalized spacial score (nSPS) is 32.6. The van der Waals surface area contributed by atoms with Crippen LogP contribution < -0.4 is 19.1 Å². The van der Waals surface area contributed by atoms with Gasteiger partial charge in [0.05, 0.1) is 51.6 Å². The summed E-state index contributed by atoms with van der Waals surface area (Å²) >= 11 is 1.45. The number of carbonyl (C=O) groups excluding carboxylic acids is 2. The molecular formula is C25H22N2O7S. The first-order chi connectivity index (χ1) is 16.9. The molecule has 3 fully saturated rings. The Hall–Kier alpha value is -3.21. The van der Waals surface area contributed by atoms with E-state index in [-0.39, 0.29) is 31.6 Å². The van der Waals surface area contributed by atoms with Crippen LogP contribution in [0, 0.1) is 11.8 Å². The number of hydrogen-bond donors (Lipinski definition) is 1. The zero-order valence-corrected chi connectivity index (χ0v) is 19.6. The van der Waals surface area contributed by atoms with Crippen molar-refractivity contribution in [2.24, 2.45) is 11.8 Å². The number of thiazole rings is 1. The van der Waals surface area contributed by atoms with Gasteiger partial charge in [0.2, 0.25) is 18.6 Å². The van der Waals surface area contributed by atoms with E-state index in [1.807, 2.05) is 12.1 Å². The number of fused-ring (bicyclic) bond motifs is 7. The first-order valence-electron chi connectivity index (χ1n) is 11.5. The number of anilines is 1. The highest BCUT2D eigenvalue weighted by Crippen LogP contribution is 2.62. The van der Waals surface area contributed by atoms with Crippen LogP contribution in [0.1, 0.15) is 19.8 Å². The Morgan fingerprint density at radius 1 is 1.14 bits per heavy atom. The van der Waals surface area contributed by atoms with Crippen LogP contribution in [0.3, 0.4) is 0 Å². The van der Waals surface area contributed by atoms with Crippen LogP contribution in [0.15, 0.2) is 41.9 Å². The molecule has 5 heterocycles. The lowest BCUT2D eigenvalue weighted by molar-refractivity contribution is -0.134. The van der Waals surface area contributed by atoms with Crippen LogP contribution in [0.25, 0.3) is 10.2 Å². The van der Waals surface area contributed by atoms with Crippen molar-refractivity contribution >= 4 is 39.1 Å². The van der Waals surface area contributed by atoms with E-state index in [4.69, 9.17) is 18.9 Å². The minimum atomic E-state index is -1.13. The standard InChI is InChI=1S/C25H22N2O7S/c1-24-19(28)10-25(34-24,6-7-31-14-3-5-16-17(9-14)33-12-32-16)21-20(24)22(29)27(23(21)30)13-2-4-15-18(8-13)35-11-26-15/h2-5,8-9,11,19-21,28H,6-7,10,12H2,1H3/t19-,20-,21+,24-,25+/m1/s1. The van der Waals surface area contributed by atoms with Crippen molar-refractivity contribution < 1.29 is 33.6 Å². The SMILES string of the molecule is C[C@@]12O[C@@](CCOc3ccc4c(c3)OCO4)(C[C@H]1O)[C@@H]1C(=O)N(c3ccc4ncsc4c3)C(=O)[C@@H]12. The Bertz CT molecular complexity index is 1390. The molecule has 180 valence electrons. The third-order valence-corrected chi connectivity index (χ3v) is 8.62. The molecule has 3 saturated heterocycles. The molecule has 5 atom stereocenters. The van der Waals surface area contributed by atoms with Crippen LogP contribution in [0.5, 0.6) is 17.2 Å². The quantitative estimate of drug-likeness (QED) is 0.540. The molecule has 7 rings (SSSR count). The first kappa shape index (κ1) is 21.1. The molecule has 1 N–H and O–H groups in total. The van der Waals surface area contributed by atoms with Gasteiger partial charge in [0, 0.05) is 18.9 Å². The summed E-state index contributed by atoms with van der Waals surface area (Å²) in [6.45, 7) is 2.17. The maximum absolute atomic E-state index is 13.7. The molecule has 0 radical (unpaired) electrons. The van der Waals surface area contributed by atoms with Crippen LogP contribution in [-0.2, 0) is 14.3 Å². The second-order valence-corrected chi connectivity index (χ2v) is 10.5. The number of ether oxygens (including phenoxy) is 4. The van der Waals surface area contributed by atoms with E-state index in [0.717, 1.165) is 10.2 Å². The van der Waals surface area contributed by atoms with Crippen molar-refractivity contribution in [1.29, 1.82) is 0 Å². The summed E-state index contributed by atoms with van der Waals surface area (Å²) in [7, 11) is 0. The number of aromatic nitrogens is 1. The minimum Gasteiger partial charge on any atom is -0.493 e. The fourth-order valence-electron chi connectivity index (χ4n) is 6.17. The number of hydrogen-bond acceptors (Lipinski definition) is 9. The fourth-order valence-corrected chi connectivity index (χ4v) is 6.88. The maximum atomic E-state index is 13.7. The zero-order chi connectivity index (χ0) is 23.9. The summed E-state index contributed by atoms with van der Waals surface area (Å²) in [6.07, 6.45) is -0.221. The molecule has 10 heteroatoms. The lowest BCUT2D eigenvalue weighted by atomic mass is 9.66. The predicted molar refractivity (Wildman–Crippen MR) is 125 cm³/mol. The van der Waals surface area contributed by atoms with Gasteiger partial charge >= 0.3 is 0 Å². The molecule has 3 aromatic rings. The van der Waals surface area contributed by atoms with Gasteiger partial charge in [-0.05, 0) is 37.3 Å². The van der Waals surface area contributed by atoms with Crippen LogP contribution in [0.4, 0.5) is 5.69 Å². The summed E-state index contributed by atoms with van der Waals surface area (Å²) in [6, 6.07) is 10.7. The molecular weight excluding hydrogens is 472 g/mol. The van der Waals surface area contributed by atoms with Gasteiger partial charge in [0.15, 0.2) is 11.5 Å². The molecule has 4 aliphatic rings. The number of nitrogens with zero attached hydrogens (tertiary/aromatic N) is 2. The number of aliphatic hydroxyl groups is 1. The average Bonchev–Trinajstić information content (AvgIpc) is 3.61. The monoisotopic (exact) mass is 494 g/mol. The molecule has 1 aromatic heterocycles. The molecule has 0 saturated carbocycles. The summed E-state index contributed by atoms with van der Waals surface area (Å²) < 4.78 is 24.0. The van der Waals surface area contributed by atoms with E-state index in [1.54, 1.807) is 36.7 Å². The molecule has 2 aromatic carbocycles. The van der Waals surface area contributed by atoms with Crippen molar-refractivity contribution in [3.05, 3.63) is 41.9 Å². The lowest BCUT2D eigenvalue weighted by Gasteiger charge is -2.33. The number of imide groups is 1. The summed E-state index contributed by atoms with van der Waals surface area (Å²) in [5, 5.41) is 10.9. The zero-order valence-electron chi connectivity index (χ0n) is 18.8. The minimum absolute atomic E-state index is 0.178. The smallest absolute Gasteiger partial charge is 0.240 e. The second kappa shape index (κ2) is 7.16. The van der Waals surface area contributed by atoms with Gasteiger partial charge < -0.3 is 24.1 Å². The summed E-state index contributed by atoms with van der Waals surface area (Å²) in [5.41, 5.74) is 0.971. The number of amides is 2. The van der Waals surface area contributed by atoms with E-state index in [0.29, 0.717) is 29.4 Å². The molecule has 9 nitrogen and oxygen atoms in total. The predicted octanol–water partition coefficient (Wildman–Crippen LogP) is 2.89. The van der Waals surface area contributed by atoms with E-state index < -0.39 is 29.1 Å². The van der Waals surface area contributed by atoms with Gasteiger partial charge in [-0.1, -0.05) is 0 Å². The van der Waals surface area contributed by atoms with E-state index in [9.17, 15) is 14.7 Å². The lowest BCUT2D eigenvalue weighted by Crippen LogP contribution is -2.49. The van der Waals surface area contributed by atoms with Gasteiger partial charge in [-0.25, -0.2) is 9.88 Å². The Balaban J connectivity index is 1.17. The highest BCUT2D eigenvalue weighted by molar-refractivity contribution is 7.16. The number of carbonyl (C=O) groups is 2. The first-order valence-corrected chi connectivity index (χ1v) is 12.4. The van der Waals surface area contributed by atoms with Gasteiger partial charge in [-0.15, -0.1) is 11.3 Å². The Kier molecular flexibility index (Phi) is 4.32. The van der Waals surface area contributed by atoms with Gasteiger partial charge in [0.25, 0.3) is 0 Å². The summed E-state index contributed by atoms with van der Waals surface area (Å²) in [5.74, 6) is -0.158. The van der Waals surface area contributed by atoms with Crippen LogP contribution >= 0.6 is 11.3 Å². The molecule has 0 spiro atoms. The van der Waals surface area contributed by atoms with E-state index in [1.165, 1.54) is 16.2 Å². The second-order valence-electron chi connectivity index (χ2n) is 9.66.